The summed E-state index contributed by atoms with van der Waals surface area (Å²) in [7, 11) is -2.51. The van der Waals surface area contributed by atoms with Gasteiger partial charge in [0.25, 0.3) is 0 Å². The topological polar surface area (TPSA) is 26.5 Å². The Bertz CT molecular complexity index is 1830. The van der Waals surface area contributed by atoms with Crippen LogP contribution in [0.5, 0.6) is 5.75 Å². The van der Waals surface area contributed by atoms with E-state index in [0.29, 0.717) is 0 Å². The van der Waals surface area contributed by atoms with E-state index in [2.05, 4.69) is 119 Å². The van der Waals surface area contributed by atoms with E-state index in [0.717, 1.165) is 46.8 Å². The van der Waals surface area contributed by atoms with Gasteiger partial charge in [0.2, 0.25) is 0 Å². The minimum absolute atomic E-state index is 0.850. The van der Waals surface area contributed by atoms with Gasteiger partial charge in [0.1, 0.15) is 5.75 Å². The third-order valence-electron chi connectivity index (χ3n) is 7.40. The summed E-state index contributed by atoms with van der Waals surface area (Å²) in [5, 5.41) is 6.07. The molecule has 6 rings (SSSR count). The van der Waals surface area contributed by atoms with Crippen LogP contribution in [0.1, 0.15) is 26.7 Å². The van der Waals surface area contributed by atoms with E-state index in [9.17, 15) is 0 Å². The number of para-hydroxylation sites is 1. The lowest BCUT2D eigenvalue weighted by atomic mass is 10.1. The van der Waals surface area contributed by atoms with E-state index in [4.69, 9.17) is 9.27 Å². The third-order valence-corrected chi connectivity index (χ3v) is 11.0. The lowest BCUT2D eigenvalue weighted by molar-refractivity contribution is 0.607. The van der Waals surface area contributed by atoms with Gasteiger partial charge in [0.15, 0.2) is 7.28 Å². The highest BCUT2D eigenvalue weighted by Crippen LogP contribution is 2.54. The number of hydrogen-bond acceptors (Lipinski definition) is 2. The third kappa shape index (κ3) is 4.93. The van der Waals surface area contributed by atoms with Gasteiger partial charge in [-0.25, -0.2) is 4.74 Å². The van der Waals surface area contributed by atoms with Crippen LogP contribution >= 0.6 is 23.2 Å². The zero-order chi connectivity index (χ0) is 26.8. The van der Waals surface area contributed by atoms with Crippen LogP contribution < -0.4 is 9.83 Å². The molecule has 6 aromatic rings. The summed E-state index contributed by atoms with van der Waals surface area (Å²) in [4.78, 5) is 0. The molecule has 0 amide bonds. The SMILES string of the molecule is CCCC[P@@](=Nc1cccc2ccccc12)(Oc1ccc(Br)cc1)c1ccc2c(c1)c1ccccc1n2CC. The molecule has 0 unspecified atom stereocenters. The van der Waals surface area contributed by atoms with Crippen molar-refractivity contribution in [2.24, 2.45) is 4.74 Å². The maximum absolute atomic E-state index is 7.11. The molecule has 0 bridgehead atoms. The molecule has 0 aliphatic heterocycles. The molecule has 1 atom stereocenters. The van der Waals surface area contributed by atoms with Gasteiger partial charge in [-0.15, -0.1) is 0 Å². The lowest BCUT2D eigenvalue weighted by Crippen LogP contribution is -2.13. The second-order valence-corrected chi connectivity index (χ2v) is 13.6. The molecule has 0 saturated heterocycles. The number of rotatable bonds is 8. The van der Waals surface area contributed by atoms with Crippen molar-refractivity contribution in [2.75, 3.05) is 6.16 Å². The summed E-state index contributed by atoms with van der Waals surface area (Å²) in [6.45, 7) is 5.38. The van der Waals surface area contributed by atoms with Gasteiger partial charge < -0.3 is 9.09 Å². The van der Waals surface area contributed by atoms with Crippen molar-refractivity contribution in [3.05, 3.63) is 114 Å². The molecule has 0 spiro atoms. The van der Waals surface area contributed by atoms with Crippen LogP contribution in [0.3, 0.4) is 0 Å². The summed E-state index contributed by atoms with van der Waals surface area (Å²) < 4.78 is 16.2. The quantitative estimate of drug-likeness (QED) is 0.161. The molecule has 196 valence electrons. The second kappa shape index (κ2) is 11.0. The Kier molecular flexibility index (Phi) is 7.34. The predicted octanol–water partition coefficient (Wildman–Crippen LogP) is 10.7. The second-order valence-electron chi connectivity index (χ2n) is 9.89. The van der Waals surface area contributed by atoms with Gasteiger partial charge in [-0.1, -0.05) is 83.9 Å². The van der Waals surface area contributed by atoms with Crippen LogP contribution in [-0.4, -0.2) is 10.7 Å². The molecule has 5 aromatic carbocycles. The van der Waals surface area contributed by atoms with Crippen LogP contribution in [-0.2, 0) is 6.54 Å². The highest BCUT2D eigenvalue weighted by molar-refractivity contribution is 9.10. The summed E-state index contributed by atoms with van der Waals surface area (Å²) in [6.07, 6.45) is 2.99. The summed E-state index contributed by atoms with van der Waals surface area (Å²) >= 11 is 3.58. The summed E-state index contributed by atoms with van der Waals surface area (Å²) in [6, 6.07) is 38.7. The highest BCUT2D eigenvalue weighted by Gasteiger charge is 2.27. The van der Waals surface area contributed by atoms with Gasteiger partial charge in [0, 0.05) is 49.7 Å². The Morgan fingerprint density at radius 1 is 0.744 bits per heavy atom. The van der Waals surface area contributed by atoms with Crippen LogP contribution in [0.4, 0.5) is 5.69 Å². The molecule has 39 heavy (non-hydrogen) atoms. The molecule has 0 radical (unpaired) electrons. The Labute approximate surface area is 238 Å². The molecule has 0 saturated carbocycles. The van der Waals surface area contributed by atoms with Gasteiger partial charge in [-0.05, 0) is 73.3 Å². The summed E-state index contributed by atoms with van der Waals surface area (Å²) in [5.41, 5.74) is 3.51. The molecule has 3 nitrogen and oxygen atoms in total. The minimum atomic E-state index is -2.51. The lowest BCUT2D eigenvalue weighted by Gasteiger charge is -2.27. The number of halogens is 1. The molecule has 0 aliphatic carbocycles. The number of aromatic nitrogens is 1. The van der Waals surface area contributed by atoms with Crippen molar-refractivity contribution in [1.29, 1.82) is 0 Å². The predicted molar refractivity (Wildman–Crippen MR) is 172 cm³/mol. The highest BCUT2D eigenvalue weighted by atomic mass is 79.9. The van der Waals surface area contributed by atoms with E-state index >= 15 is 0 Å². The fourth-order valence-corrected chi connectivity index (χ4v) is 8.82. The van der Waals surface area contributed by atoms with E-state index in [1.165, 1.54) is 32.5 Å². The average molecular weight is 596 g/mol. The number of benzene rings is 5. The standard InChI is InChI=1S/C34H32BrN2OP/c1-3-5-23-39(38-27-19-17-26(35)18-20-27,36-32-15-10-12-25-11-6-7-13-29(25)32)28-21-22-34-31(24-28)30-14-8-9-16-33(30)37(34)4-2/h6-22,24H,3-5,23H2,1-2H3/t39-/m1/s1. The molecular formula is C34H32BrN2OP. The first-order valence-electron chi connectivity index (χ1n) is 13.7. The number of fused-ring (bicyclic) bond motifs is 4. The van der Waals surface area contributed by atoms with Gasteiger partial charge in [-0.2, -0.15) is 0 Å². The minimum Gasteiger partial charge on any atom is -0.456 e. The van der Waals surface area contributed by atoms with Crippen molar-refractivity contribution in [3.8, 4) is 5.75 Å². The molecule has 1 heterocycles. The molecule has 1 aromatic heterocycles. The summed E-state index contributed by atoms with van der Waals surface area (Å²) in [5.74, 6) is 0.850. The molecule has 0 fully saturated rings. The van der Waals surface area contributed by atoms with Crippen molar-refractivity contribution < 1.29 is 4.52 Å². The first kappa shape index (κ1) is 25.9. The van der Waals surface area contributed by atoms with Gasteiger partial charge in [0.05, 0.1) is 5.69 Å². The zero-order valence-corrected chi connectivity index (χ0v) is 24.8. The normalized spacial score (nSPS) is 13.1. The van der Waals surface area contributed by atoms with Gasteiger partial charge in [-0.3, -0.25) is 0 Å². The fraction of sp³-hybridized carbons (Fsp3) is 0.176. The van der Waals surface area contributed by atoms with Crippen LogP contribution in [0.2, 0.25) is 0 Å². The number of nitrogens with zero attached hydrogens (tertiary/aromatic N) is 2. The van der Waals surface area contributed by atoms with Crippen LogP contribution in [0.15, 0.2) is 118 Å². The average Bonchev–Trinajstić information content (AvgIpc) is 3.30. The van der Waals surface area contributed by atoms with Crippen LogP contribution in [0, 0.1) is 0 Å². The fourth-order valence-electron chi connectivity index (χ4n) is 5.47. The van der Waals surface area contributed by atoms with Crippen LogP contribution in [0.25, 0.3) is 32.6 Å². The first-order chi connectivity index (χ1) is 19.1. The number of aryl methyl sites for hydroxylation is 1. The molecule has 0 aliphatic rings. The van der Waals surface area contributed by atoms with Crippen molar-refractivity contribution >= 4 is 66.8 Å². The Balaban J connectivity index is 1.66. The Morgan fingerprint density at radius 2 is 1.46 bits per heavy atom. The van der Waals surface area contributed by atoms with E-state index in [-0.39, 0.29) is 0 Å². The molecule has 0 N–H and O–H groups in total. The number of hydrogen-bond donors (Lipinski definition) is 0. The Morgan fingerprint density at radius 3 is 2.26 bits per heavy atom. The van der Waals surface area contributed by atoms with Crippen molar-refractivity contribution in [3.63, 3.8) is 0 Å². The number of unbranched alkanes of at least 4 members (excludes halogenated alkanes) is 1. The Hall–Kier alpha value is -3.33. The zero-order valence-electron chi connectivity index (χ0n) is 22.3. The van der Waals surface area contributed by atoms with Crippen molar-refractivity contribution in [2.45, 2.75) is 33.2 Å². The monoisotopic (exact) mass is 594 g/mol. The van der Waals surface area contributed by atoms with Crippen molar-refractivity contribution in [1.82, 2.24) is 4.57 Å². The van der Waals surface area contributed by atoms with E-state index in [1.807, 2.05) is 24.3 Å². The maximum Gasteiger partial charge on any atom is 0.168 e. The first-order valence-corrected chi connectivity index (χ1v) is 16.3. The van der Waals surface area contributed by atoms with E-state index < -0.39 is 7.28 Å². The maximum atomic E-state index is 7.11. The molecular weight excluding hydrogens is 563 g/mol. The van der Waals surface area contributed by atoms with Gasteiger partial charge >= 0.3 is 0 Å². The smallest absolute Gasteiger partial charge is 0.168 e. The molecule has 5 heteroatoms. The van der Waals surface area contributed by atoms with E-state index in [1.54, 1.807) is 0 Å². The largest absolute Gasteiger partial charge is 0.456 e.